The van der Waals surface area contributed by atoms with Crippen LogP contribution in [0.25, 0.3) is 0 Å². The fourth-order valence-corrected chi connectivity index (χ4v) is 9.85. The molecule has 0 spiro atoms. The number of imide groups is 2. The summed E-state index contributed by atoms with van der Waals surface area (Å²) in [6.45, 7) is 0. The van der Waals surface area contributed by atoms with E-state index < -0.39 is 81.2 Å². The number of nitrogens with zero attached hydrogens (tertiary/aromatic N) is 3. The summed E-state index contributed by atoms with van der Waals surface area (Å²) in [7, 11) is 2.73. The second-order valence-corrected chi connectivity index (χ2v) is 16.3. The summed E-state index contributed by atoms with van der Waals surface area (Å²) in [5.41, 5.74) is 1.17. The van der Waals surface area contributed by atoms with Crippen molar-refractivity contribution in [1.82, 2.24) is 9.99 Å². The smallest absolute Gasteiger partial charge is 0.417 e. The first-order valence-corrected chi connectivity index (χ1v) is 19.4. The van der Waals surface area contributed by atoms with Crippen molar-refractivity contribution in [2.45, 2.75) is 30.4 Å². The molecular formula is C40H30Cl2F3IN4O7. The van der Waals surface area contributed by atoms with Crippen LogP contribution in [0.4, 0.5) is 24.7 Å². The molecule has 2 aliphatic carbocycles. The Balaban J connectivity index is 1.36. The van der Waals surface area contributed by atoms with Gasteiger partial charge in [0.05, 0.1) is 53.7 Å². The van der Waals surface area contributed by atoms with Crippen LogP contribution in [0.15, 0.2) is 84.6 Å². The highest BCUT2D eigenvalue weighted by Gasteiger charge is 2.71. The van der Waals surface area contributed by atoms with Crippen molar-refractivity contribution in [2.24, 2.45) is 23.7 Å². The minimum Gasteiger partial charge on any atom is -0.508 e. The third-order valence-electron chi connectivity index (χ3n) is 11.5. The molecule has 1 aromatic heterocycles. The SMILES string of the molecule is COc1cc(O)cc(OC)c1C1C2=CCC3C(=O)N(c4ccc(I)cc4)C(=O)C3C2CC2C(=O)N(Nc3ncc(C(F)(F)F)cc3Cl)C(=O)C21c1ccc(Cl)cc1. The first-order chi connectivity index (χ1) is 27.1. The number of aromatic nitrogens is 1. The third-order valence-corrected chi connectivity index (χ3v) is 12.7. The zero-order valence-electron chi connectivity index (χ0n) is 29.8. The van der Waals surface area contributed by atoms with Crippen molar-refractivity contribution in [2.75, 3.05) is 24.5 Å². The first kappa shape index (κ1) is 39.0. The Morgan fingerprint density at radius 2 is 1.56 bits per heavy atom. The summed E-state index contributed by atoms with van der Waals surface area (Å²) in [6, 6.07) is 16.6. The minimum absolute atomic E-state index is 0.0919. The minimum atomic E-state index is -4.77. The Bertz CT molecular complexity index is 2370. The van der Waals surface area contributed by atoms with E-state index in [9.17, 15) is 32.7 Å². The van der Waals surface area contributed by atoms with Gasteiger partial charge in [-0.1, -0.05) is 47.0 Å². The number of hydrogen-bond acceptors (Lipinski definition) is 9. The van der Waals surface area contributed by atoms with Gasteiger partial charge in [0.1, 0.15) is 17.2 Å². The molecule has 4 aromatic rings. The van der Waals surface area contributed by atoms with Crippen LogP contribution in [0.5, 0.6) is 17.2 Å². The van der Waals surface area contributed by atoms with Crippen molar-refractivity contribution in [3.05, 3.63) is 115 Å². The molecule has 0 radical (unpaired) electrons. The Hall–Kier alpha value is -4.87. The lowest BCUT2D eigenvalue weighted by Crippen LogP contribution is -2.53. The topological polar surface area (TPSA) is 138 Å². The molecule has 8 rings (SSSR count). The fourth-order valence-electron chi connectivity index (χ4n) is 9.15. The number of phenolic OH excluding ortho intramolecular Hbond substituents is 1. The van der Waals surface area contributed by atoms with Crippen molar-refractivity contribution < 1.29 is 46.9 Å². The molecule has 2 aliphatic heterocycles. The highest BCUT2D eigenvalue weighted by molar-refractivity contribution is 14.1. The van der Waals surface area contributed by atoms with E-state index in [1.165, 1.54) is 31.3 Å². The van der Waals surface area contributed by atoms with Gasteiger partial charge in [0, 0.05) is 38.4 Å². The largest absolute Gasteiger partial charge is 0.508 e. The number of fused-ring (bicyclic) bond motifs is 4. The molecular weight excluding hydrogens is 903 g/mol. The monoisotopic (exact) mass is 932 g/mol. The molecule has 6 unspecified atom stereocenters. The summed E-state index contributed by atoms with van der Waals surface area (Å²) in [4.78, 5) is 64.2. The molecule has 4 amide bonds. The first-order valence-electron chi connectivity index (χ1n) is 17.5. The van der Waals surface area contributed by atoms with Crippen LogP contribution in [0.3, 0.4) is 0 Å². The molecule has 3 aromatic carbocycles. The molecule has 6 atom stereocenters. The van der Waals surface area contributed by atoms with Gasteiger partial charge in [0.2, 0.25) is 11.8 Å². The average Bonchev–Trinajstić information content (AvgIpc) is 3.56. The molecule has 57 heavy (non-hydrogen) atoms. The van der Waals surface area contributed by atoms with E-state index in [1.54, 1.807) is 48.5 Å². The van der Waals surface area contributed by atoms with Crippen LogP contribution < -0.4 is 19.8 Å². The summed E-state index contributed by atoms with van der Waals surface area (Å²) in [6.07, 6.45) is -2.38. The molecule has 11 nitrogen and oxygen atoms in total. The van der Waals surface area contributed by atoms with Gasteiger partial charge in [-0.05, 0) is 89.4 Å². The number of allylic oxidation sites excluding steroid dienone is 2. The number of aromatic hydroxyl groups is 1. The summed E-state index contributed by atoms with van der Waals surface area (Å²) < 4.78 is 53.2. The standard InChI is InChI=1S/C40H30Cl2F3IN4O7/c1-56-29-14-23(51)15-30(57-2)32(29)33-24-11-12-25-31(37(54)49(35(25)52)22-9-7-21(46)8-10-22)26(24)16-27-36(53)50(38(55)39(27,33)18-3-5-20(41)6-4-18)48-34-28(42)13-19(17-47-34)40(43,44)45/h3-11,13-15,17,25-27,31,33,51H,12,16H2,1-2H3,(H,47,48). The number of carbonyl (C=O) groups excluding carboxylic acids is 4. The second-order valence-electron chi connectivity index (χ2n) is 14.2. The lowest BCUT2D eigenvalue weighted by atomic mass is 9.49. The quantitative estimate of drug-likeness (QED) is 0.108. The van der Waals surface area contributed by atoms with Crippen molar-refractivity contribution >= 4 is 80.9 Å². The lowest BCUT2D eigenvalue weighted by Gasteiger charge is -2.51. The third kappa shape index (κ3) is 6.02. The number of nitrogens with one attached hydrogen (secondary N) is 1. The Labute approximate surface area is 346 Å². The number of rotatable bonds is 7. The Morgan fingerprint density at radius 1 is 0.912 bits per heavy atom. The van der Waals surface area contributed by atoms with Gasteiger partial charge < -0.3 is 14.6 Å². The molecule has 2 N–H and O–H groups in total. The van der Waals surface area contributed by atoms with Gasteiger partial charge >= 0.3 is 6.18 Å². The number of amides is 4. The predicted molar refractivity (Wildman–Crippen MR) is 210 cm³/mol. The molecule has 2 saturated heterocycles. The number of hydrogen-bond donors (Lipinski definition) is 2. The molecule has 294 valence electrons. The Morgan fingerprint density at radius 3 is 2.16 bits per heavy atom. The van der Waals surface area contributed by atoms with E-state index in [1.807, 2.05) is 6.08 Å². The number of halogens is 6. The predicted octanol–water partition coefficient (Wildman–Crippen LogP) is 7.92. The van der Waals surface area contributed by atoms with E-state index in [2.05, 4.69) is 33.0 Å². The highest BCUT2D eigenvalue weighted by atomic mass is 127. The molecule has 0 bridgehead atoms. The van der Waals surface area contributed by atoms with Crippen LogP contribution >= 0.6 is 45.8 Å². The summed E-state index contributed by atoms with van der Waals surface area (Å²) >= 11 is 14.8. The number of pyridine rings is 1. The number of anilines is 2. The zero-order valence-corrected chi connectivity index (χ0v) is 33.5. The normalized spacial score (nSPS) is 25.5. The van der Waals surface area contributed by atoms with E-state index in [4.69, 9.17) is 32.7 Å². The maximum Gasteiger partial charge on any atom is 0.417 e. The highest BCUT2D eigenvalue weighted by Crippen LogP contribution is 2.66. The number of methoxy groups -OCH3 is 2. The average molecular weight is 934 g/mol. The molecule has 17 heteroatoms. The number of benzene rings is 3. The van der Waals surface area contributed by atoms with Gasteiger partial charge in [-0.2, -0.15) is 18.2 Å². The van der Waals surface area contributed by atoms with Crippen LogP contribution in [0.2, 0.25) is 10.0 Å². The van der Waals surface area contributed by atoms with E-state index in [-0.39, 0.29) is 35.7 Å². The maximum atomic E-state index is 15.5. The van der Waals surface area contributed by atoms with Gasteiger partial charge in [0.25, 0.3) is 11.8 Å². The molecule has 3 heterocycles. The Kier molecular flexibility index (Phi) is 9.71. The number of phenols is 1. The summed E-state index contributed by atoms with van der Waals surface area (Å²) in [5, 5.41) is 11.3. The van der Waals surface area contributed by atoms with E-state index >= 15 is 4.79 Å². The van der Waals surface area contributed by atoms with Crippen molar-refractivity contribution in [1.29, 1.82) is 0 Å². The molecule has 1 saturated carbocycles. The van der Waals surface area contributed by atoms with E-state index in [0.717, 1.165) is 3.57 Å². The van der Waals surface area contributed by atoms with Gasteiger partial charge in [0.15, 0.2) is 5.82 Å². The number of hydrazine groups is 1. The molecule has 4 aliphatic rings. The van der Waals surface area contributed by atoms with Gasteiger partial charge in [-0.25, -0.2) is 4.98 Å². The lowest BCUT2D eigenvalue weighted by molar-refractivity contribution is -0.139. The van der Waals surface area contributed by atoms with Crippen LogP contribution in [-0.4, -0.2) is 52.9 Å². The maximum absolute atomic E-state index is 15.5. The van der Waals surface area contributed by atoms with Crippen LogP contribution in [-0.2, 0) is 30.8 Å². The summed E-state index contributed by atoms with van der Waals surface area (Å²) in [5.74, 6) is -7.81. The number of carbonyl (C=O) groups is 4. The van der Waals surface area contributed by atoms with Crippen LogP contribution in [0, 0.1) is 27.2 Å². The second kappa shape index (κ2) is 14.2. The van der Waals surface area contributed by atoms with Gasteiger partial charge in [-0.3, -0.25) is 29.5 Å². The number of ether oxygens (including phenoxy) is 2. The molecule has 3 fully saturated rings. The van der Waals surface area contributed by atoms with Crippen molar-refractivity contribution in [3.8, 4) is 17.2 Å². The number of alkyl halides is 3. The zero-order chi connectivity index (χ0) is 40.7. The van der Waals surface area contributed by atoms with Gasteiger partial charge in [-0.15, -0.1) is 0 Å². The van der Waals surface area contributed by atoms with Crippen LogP contribution in [0.1, 0.15) is 35.4 Å². The van der Waals surface area contributed by atoms with Crippen molar-refractivity contribution in [3.63, 3.8) is 0 Å². The fraction of sp³-hybridized carbons (Fsp3) is 0.275. The van der Waals surface area contributed by atoms with E-state index in [0.29, 0.717) is 39.1 Å².